The molecule has 8 heteroatoms. The molecule has 4 rings (SSSR count). The number of nitrogens with zero attached hydrogens (tertiary/aromatic N) is 2. The van der Waals surface area contributed by atoms with Gasteiger partial charge in [0.15, 0.2) is 11.5 Å². The second-order valence-electron chi connectivity index (χ2n) is 7.90. The number of nitrogens with two attached hydrogens (primary N) is 1. The maximum absolute atomic E-state index is 13.0. The van der Waals surface area contributed by atoms with Crippen LogP contribution in [0.4, 0.5) is 4.39 Å². The number of halogens is 2. The van der Waals surface area contributed by atoms with Gasteiger partial charge in [-0.15, -0.1) is 12.4 Å². The Morgan fingerprint density at radius 2 is 1.93 bits per heavy atom. The molecule has 28 heavy (non-hydrogen) atoms. The topological polar surface area (TPSA) is 68.0 Å². The predicted molar refractivity (Wildman–Crippen MR) is 107 cm³/mol. The molecular weight excluding hydrogens is 385 g/mol. The molecule has 4 atom stereocenters. The predicted octanol–water partition coefficient (Wildman–Crippen LogP) is 1.94. The maximum atomic E-state index is 13.0. The van der Waals surface area contributed by atoms with E-state index in [9.17, 15) is 9.18 Å². The number of hydrogen-bond donors (Lipinski definition) is 1. The van der Waals surface area contributed by atoms with E-state index in [0.29, 0.717) is 13.0 Å². The summed E-state index contributed by atoms with van der Waals surface area (Å²) >= 11 is 0. The normalized spacial score (nSPS) is 29.7. The summed E-state index contributed by atoms with van der Waals surface area (Å²) in [5.74, 6) is 1.35. The Kier molecular flexibility index (Phi) is 6.37. The fourth-order valence-electron chi connectivity index (χ4n) is 4.93. The van der Waals surface area contributed by atoms with Gasteiger partial charge >= 0.3 is 0 Å². The van der Waals surface area contributed by atoms with Gasteiger partial charge in [0.1, 0.15) is 0 Å². The van der Waals surface area contributed by atoms with Crippen molar-refractivity contribution in [1.82, 2.24) is 9.80 Å². The Bertz CT molecular complexity index is 735. The van der Waals surface area contributed by atoms with Gasteiger partial charge in [-0.1, -0.05) is 0 Å². The highest BCUT2D eigenvalue weighted by Crippen LogP contribution is 2.42. The molecule has 0 radical (unpaired) electrons. The number of likely N-dealkylation sites (tertiary alicyclic amines) is 1. The van der Waals surface area contributed by atoms with Crippen LogP contribution in [-0.2, 0) is 11.2 Å². The Labute approximate surface area is 171 Å². The van der Waals surface area contributed by atoms with Gasteiger partial charge in [0.25, 0.3) is 0 Å². The second-order valence-corrected chi connectivity index (χ2v) is 7.90. The zero-order chi connectivity index (χ0) is 19.1. The lowest BCUT2D eigenvalue weighted by Crippen LogP contribution is -2.60. The third kappa shape index (κ3) is 3.55. The number of hydrogen-bond acceptors (Lipinski definition) is 5. The van der Waals surface area contributed by atoms with Gasteiger partial charge < -0.3 is 20.1 Å². The van der Waals surface area contributed by atoms with Crippen molar-refractivity contribution >= 4 is 18.3 Å². The third-order valence-corrected chi connectivity index (χ3v) is 6.38. The van der Waals surface area contributed by atoms with E-state index in [0.717, 1.165) is 37.4 Å². The molecule has 3 aliphatic rings. The molecule has 0 unspecified atom stereocenters. The summed E-state index contributed by atoms with van der Waals surface area (Å²) in [6, 6.07) is 4.20. The number of piperidine rings is 1. The van der Waals surface area contributed by atoms with Gasteiger partial charge in [-0.25, -0.2) is 0 Å². The van der Waals surface area contributed by atoms with Gasteiger partial charge in [-0.3, -0.25) is 14.1 Å². The molecule has 1 aromatic rings. The highest BCUT2D eigenvalue weighted by molar-refractivity contribution is 5.85. The van der Waals surface area contributed by atoms with Crippen LogP contribution in [0.2, 0.25) is 0 Å². The number of carbonyl (C=O) groups excluding carboxylic acids is 1. The van der Waals surface area contributed by atoms with Crippen LogP contribution in [-0.4, -0.2) is 68.3 Å². The zero-order valence-corrected chi connectivity index (χ0v) is 17.2. The molecule has 3 aliphatic heterocycles. The molecule has 0 aliphatic carbocycles. The first-order chi connectivity index (χ1) is 13.0. The largest absolute Gasteiger partial charge is 0.493 e. The molecular formula is C20H29ClFN3O3. The lowest BCUT2D eigenvalue weighted by molar-refractivity contribution is -0.131. The minimum absolute atomic E-state index is 0. The Hall–Kier alpha value is -1.57. The summed E-state index contributed by atoms with van der Waals surface area (Å²) in [4.78, 5) is 16.6. The Morgan fingerprint density at radius 1 is 1.21 bits per heavy atom. The van der Waals surface area contributed by atoms with Crippen molar-refractivity contribution in [2.75, 3.05) is 40.5 Å². The van der Waals surface area contributed by atoms with Crippen molar-refractivity contribution < 1.29 is 18.7 Å². The summed E-state index contributed by atoms with van der Waals surface area (Å²) < 4.78 is 24.0. The minimum atomic E-state index is -0.439. The fourth-order valence-corrected chi connectivity index (χ4v) is 4.93. The molecule has 1 aromatic carbocycles. The molecule has 0 spiro atoms. The summed E-state index contributed by atoms with van der Waals surface area (Å²) in [5, 5.41) is 0. The monoisotopic (exact) mass is 413 g/mol. The number of benzene rings is 1. The summed E-state index contributed by atoms with van der Waals surface area (Å²) in [7, 11) is 3.30. The van der Waals surface area contributed by atoms with E-state index < -0.39 is 6.67 Å². The molecule has 0 saturated carbocycles. The van der Waals surface area contributed by atoms with E-state index in [1.54, 1.807) is 14.2 Å². The smallest absolute Gasteiger partial charge is 0.223 e. The van der Waals surface area contributed by atoms with Crippen LogP contribution in [0, 0.1) is 5.92 Å². The van der Waals surface area contributed by atoms with Crippen molar-refractivity contribution in [1.29, 1.82) is 0 Å². The number of alkyl halides is 1. The molecule has 2 N–H and O–H groups in total. The van der Waals surface area contributed by atoms with Gasteiger partial charge in [0.05, 0.1) is 26.9 Å². The first-order valence-corrected chi connectivity index (χ1v) is 9.65. The number of methoxy groups -OCH3 is 2. The molecule has 1 amide bonds. The Morgan fingerprint density at radius 3 is 2.57 bits per heavy atom. The van der Waals surface area contributed by atoms with E-state index in [2.05, 4.69) is 17.0 Å². The first kappa shape index (κ1) is 21.1. The van der Waals surface area contributed by atoms with Crippen LogP contribution in [0.3, 0.4) is 0 Å². The van der Waals surface area contributed by atoms with E-state index in [4.69, 9.17) is 15.2 Å². The summed E-state index contributed by atoms with van der Waals surface area (Å²) in [6.45, 7) is 1.72. The van der Waals surface area contributed by atoms with Crippen molar-refractivity contribution in [3.8, 4) is 11.5 Å². The van der Waals surface area contributed by atoms with Gasteiger partial charge in [-0.2, -0.15) is 0 Å². The maximum Gasteiger partial charge on any atom is 0.223 e. The number of fused-ring (bicyclic) bond motifs is 3. The standard InChI is InChI=1S/C20H28FN3O3.ClH/c1-26-18-6-13-3-4-23-11-17(24-10-12(9-21)5-20(24)25)15(22)8-16(23)14(13)7-19(18)27-2;/h6-7,12,15-17H,3-5,8-11,22H2,1-2H3;1H/t12-,15+,16+,17+;/m1./s1. The van der Waals surface area contributed by atoms with Gasteiger partial charge in [0.2, 0.25) is 5.91 Å². The minimum Gasteiger partial charge on any atom is -0.493 e. The number of carbonyl (C=O) groups is 1. The third-order valence-electron chi connectivity index (χ3n) is 6.38. The highest BCUT2D eigenvalue weighted by Gasteiger charge is 2.44. The average Bonchev–Trinajstić information content (AvgIpc) is 3.06. The van der Waals surface area contributed by atoms with Crippen LogP contribution in [0.25, 0.3) is 0 Å². The van der Waals surface area contributed by atoms with Crippen LogP contribution >= 0.6 is 12.4 Å². The lowest BCUT2D eigenvalue weighted by Gasteiger charge is -2.48. The number of amides is 1. The molecule has 3 heterocycles. The Balaban J connectivity index is 0.00000225. The van der Waals surface area contributed by atoms with E-state index in [-0.39, 0.29) is 42.4 Å². The van der Waals surface area contributed by atoms with Crippen LogP contribution < -0.4 is 15.2 Å². The van der Waals surface area contributed by atoms with Gasteiger partial charge in [0, 0.05) is 44.1 Å². The van der Waals surface area contributed by atoms with Crippen LogP contribution in [0.15, 0.2) is 12.1 Å². The molecule has 6 nitrogen and oxygen atoms in total. The molecule has 2 saturated heterocycles. The van der Waals surface area contributed by atoms with Crippen molar-refractivity contribution in [3.63, 3.8) is 0 Å². The molecule has 156 valence electrons. The summed E-state index contributed by atoms with van der Waals surface area (Å²) in [6.07, 6.45) is 2.01. The fraction of sp³-hybridized carbons (Fsp3) is 0.650. The van der Waals surface area contributed by atoms with Gasteiger partial charge in [-0.05, 0) is 36.1 Å². The zero-order valence-electron chi connectivity index (χ0n) is 16.4. The summed E-state index contributed by atoms with van der Waals surface area (Å²) in [5.41, 5.74) is 9.04. The van der Waals surface area contributed by atoms with Crippen molar-refractivity contribution in [3.05, 3.63) is 23.3 Å². The highest BCUT2D eigenvalue weighted by atomic mass is 35.5. The molecule has 2 fully saturated rings. The quantitative estimate of drug-likeness (QED) is 0.817. The second kappa shape index (κ2) is 8.43. The van der Waals surface area contributed by atoms with E-state index >= 15 is 0 Å². The van der Waals surface area contributed by atoms with Crippen LogP contribution in [0.5, 0.6) is 11.5 Å². The average molecular weight is 414 g/mol. The van der Waals surface area contributed by atoms with Crippen molar-refractivity contribution in [2.45, 2.75) is 37.4 Å². The molecule has 0 aromatic heterocycles. The van der Waals surface area contributed by atoms with Crippen LogP contribution in [0.1, 0.15) is 30.0 Å². The SMILES string of the molecule is COc1cc2c(cc1OC)[C@@H]1C[C@H](N)[C@@H](N3C[C@@H](CF)CC3=O)CN1CC2.Cl. The number of rotatable bonds is 4. The van der Waals surface area contributed by atoms with E-state index in [1.807, 2.05) is 4.90 Å². The van der Waals surface area contributed by atoms with E-state index in [1.165, 1.54) is 11.1 Å². The first-order valence-electron chi connectivity index (χ1n) is 9.65. The molecule has 0 bridgehead atoms. The van der Waals surface area contributed by atoms with Crippen molar-refractivity contribution in [2.24, 2.45) is 11.7 Å². The number of ether oxygens (including phenoxy) is 2. The lowest BCUT2D eigenvalue weighted by atomic mass is 9.83.